The van der Waals surface area contributed by atoms with Gasteiger partial charge in [0.25, 0.3) is 0 Å². The molecule has 0 fully saturated rings. The zero-order valence-corrected chi connectivity index (χ0v) is 10.4. The number of methoxy groups -OCH3 is 1. The molecule has 98 valence electrons. The Balaban J connectivity index is 2.05. The first kappa shape index (κ1) is 13.1. The van der Waals surface area contributed by atoms with Crippen molar-refractivity contribution in [1.29, 1.82) is 0 Å². The summed E-state index contributed by atoms with van der Waals surface area (Å²) in [7, 11) is 1.60. The standard InChI is InChI=1S/C15H13FO3/c1-18-14-4-2-11(3-5-14)10-19-15-7-12(9-17)6-13(16)8-15/h2-9H,10H2,1H3. The van der Waals surface area contributed by atoms with Gasteiger partial charge in [0.1, 0.15) is 30.2 Å². The van der Waals surface area contributed by atoms with E-state index in [4.69, 9.17) is 9.47 Å². The summed E-state index contributed by atoms with van der Waals surface area (Å²) < 4.78 is 23.7. The van der Waals surface area contributed by atoms with E-state index >= 15 is 0 Å². The normalized spacial score (nSPS) is 10.0. The van der Waals surface area contributed by atoms with E-state index in [2.05, 4.69) is 0 Å². The van der Waals surface area contributed by atoms with Crippen molar-refractivity contribution in [2.45, 2.75) is 6.61 Å². The van der Waals surface area contributed by atoms with Crippen molar-refractivity contribution in [3.63, 3.8) is 0 Å². The number of aldehydes is 1. The van der Waals surface area contributed by atoms with E-state index in [0.29, 0.717) is 18.6 Å². The average molecular weight is 260 g/mol. The van der Waals surface area contributed by atoms with Crippen LogP contribution in [0.25, 0.3) is 0 Å². The summed E-state index contributed by atoms with van der Waals surface area (Å²) in [6, 6.07) is 11.3. The van der Waals surface area contributed by atoms with E-state index in [1.165, 1.54) is 12.1 Å². The minimum absolute atomic E-state index is 0.254. The van der Waals surface area contributed by atoms with Gasteiger partial charge in [-0.3, -0.25) is 4.79 Å². The molecule has 0 atom stereocenters. The van der Waals surface area contributed by atoms with Crippen LogP contribution in [0.5, 0.6) is 11.5 Å². The van der Waals surface area contributed by atoms with Gasteiger partial charge in [-0.05, 0) is 29.8 Å². The van der Waals surface area contributed by atoms with E-state index in [1.54, 1.807) is 7.11 Å². The maximum atomic E-state index is 13.2. The second-order valence-corrected chi connectivity index (χ2v) is 3.97. The van der Waals surface area contributed by atoms with Gasteiger partial charge >= 0.3 is 0 Å². The summed E-state index contributed by atoms with van der Waals surface area (Å²) in [5.41, 5.74) is 1.18. The molecule has 3 nitrogen and oxygen atoms in total. The Morgan fingerprint density at radius 2 is 1.84 bits per heavy atom. The summed E-state index contributed by atoms with van der Waals surface area (Å²) in [5.74, 6) is 0.602. The van der Waals surface area contributed by atoms with Crippen LogP contribution in [0, 0.1) is 5.82 Å². The molecule has 0 heterocycles. The number of carbonyl (C=O) groups excluding carboxylic acids is 1. The SMILES string of the molecule is COc1ccc(COc2cc(F)cc(C=O)c2)cc1. The molecule has 0 bridgehead atoms. The lowest BCUT2D eigenvalue weighted by molar-refractivity contribution is 0.112. The lowest BCUT2D eigenvalue weighted by Gasteiger charge is -2.07. The Kier molecular flexibility index (Phi) is 4.13. The number of rotatable bonds is 5. The van der Waals surface area contributed by atoms with Crippen molar-refractivity contribution in [2.75, 3.05) is 7.11 Å². The number of ether oxygens (including phenoxy) is 2. The third-order valence-electron chi connectivity index (χ3n) is 2.59. The number of halogens is 1. The molecule has 0 N–H and O–H groups in total. The van der Waals surface area contributed by atoms with Gasteiger partial charge in [-0.1, -0.05) is 12.1 Å². The Bertz CT molecular complexity index is 564. The first-order valence-corrected chi connectivity index (χ1v) is 5.73. The summed E-state index contributed by atoms with van der Waals surface area (Å²) >= 11 is 0. The second-order valence-electron chi connectivity index (χ2n) is 3.97. The minimum atomic E-state index is -0.491. The molecule has 2 aromatic rings. The summed E-state index contributed by atoms with van der Waals surface area (Å²) in [6.45, 7) is 0.297. The number of hydrogen-bond acceptors (Lipinski definition) is 3. The molecule has 0 amide bonds. The molecule has 0 radical (unpaired) electrons. The van der Waals surface area contributed by atoms with Crippen LogP contribution >= 0.6 is 0 Å². The van der Waals surface area contributed by atoms with E-state index in [-0.39, 0.29) is 5.56 Å². The summed E-state index contributed by atoms with van der Waals surface area (Å²) in [6.07, 6.45) is 0.587. The van der Waals surface area contributed by atoms with Crippen molar-refractivity contribution in [3.05, 3.63) is 59.4 Å². The fourth-order valence-corrected chi connectivity index (χ4v) is 1.62. The highest BCUT2D eigenvalue weighted by atomic mass is 19.1. The quantitative estimate of drug-likeness (QED) is 0.774. The first-order chi connectivity index (χ1) is 9.21. The summed E-state index contributed by atoms with van der Waals surface area (Å²) in [4.78, 5) is 10.6. The maximum absolute atomic E-state index is 13.2. The fraction of sp³-hybridized carbons (Fsp3) is 0.133. The molecule has 0 spiro atoms. The molecule has 0 aliphatic carbocycles. The smallest absolute Gasteiger partial charge is 0.150 e. The van der Waals surface area contributed by atoms with Crippen molar-refractivity contribution in [3.8, 4) is 11.5 Å². The molecule has 0 aliphatic rings. The van der Waals surface area contributed by atoms with Gasteiger partial charge in [-0.15, -0.1) is 0 Å². The lowest BCUT2D eigenvalue weighted by Crippen LogP contribution is -1.97. The van der Waals surface area contributed by atoms with Gasteiger partial charge in [0, 0.05) is 11.6 Å². The third-order valence-corrected chi connectivity index (χ3v) is 2.59. The van der Waals surface area contributed by atoms with Crippen molar-refractivity contribution in [2.24, 2.45) is 0 Å². The third kappa shape index (κ3) is 3.55. The molecule has 0 aliphatic heterocycles. The number of carbonyl (C=O) groups is 1. The average Bonchev–Trinajstić information content (AvgIpc) is 2.45. The highest BCUT2D eigenvalue weighted by Crippen LogP contribution is 2.18. The topological polar surface area (TPSA) is 35.5 Å². The van der Waals surface area contributed by atoms with E-state index in [0.717, 1.165) is 17.4 Å². The second kappa shape index (κ2) is 6.00. The Labute approximate surface area is 110 Å². The molecule has 2 rings (SSSR count). The van der Waals surface area contributed by atoms with Crippen molar-refractivity contribution < 1.29 is 18.7 Å². The van der Waals surface area contributed by atoms with Crippen LogP contribution in [0.15, 0.2) is 42.5 Å². The van der Waals surface area contributed by atoms with Gasteiger partial charge < -0.3 is 9.47 Å². The monoisotopic (exact) mass is 260 g/mol. The molecule has 0 aromatic heterocycles. The molecule has 2 aromatic carbocycles. The zero-order valence-electron chi connectivity index (χ0n) is 10.4. The van der Waals surface area contributed by atoms with Crippen LogP contribution < -0.4 is 9.47 Å². The van der Waals surface area contributed by atoms with Crippen molar-refractivity contribution in [1.82, 2.24) is 0 Å². The molecular weight excluding hydrogens is 247 g/mol. The van der Waals surface area contributed by atoms with Gasteiger partial charge in [-0.25, -0.2) is 4.39 Å². The highest BCUT2D eigenvalue weighted by molar-refractivity contribution is 5.75. The number of benzene rings is 2. The maximum Gasteiger partial charge on any atom is 0.150 e. The van der Waals surface area contributed by atoms with Gasteiger partial charge in [0.15, 0.2) is 0 Å². The van der Waals surface area contributed by atoms with Crippen LogP contribution in [0.4, 0.5) is 4.39 Å². The van der Waals surface area contributed by atoms with Crippen LogP contribution in [0.2, 0.25) is 0 Å². The first-order valence-electron chi connectivity index (χ1n) is 5.73. The molecule has 0 saturated carbocycles. The minimum Gasteiger partial charge on any atom is -0.497 e. The van der Waals surface area contributed by atoms with E-state index in [1.807, 2.05) is 24.3 Å². The molecule has 0 saturated heterocycles. The molecule has 19 heavy (non-hydrogen) atoms. The predicted octanol–water partition coefficient (Wildman–Crippen LogP) is 3.23. The molecule has 4 heteroatoms. The fourth-order valence-electron chi connectivity index (χ4n) is 1.62. The lowest BCUT2D eigenvalue weighted by atomic mass is 10.2. The van der Waals surface area contributed by atoms with Crippen LogP contribution in [-0.4, -0.2) is 13.4 Å². The number of hydrogen-bond donors (Lipinski definition) is 0. The van der Waals surface area contributed by atoms with Gasteiger partial charge in [0.05, 0.1) is 7.11 Å². The molecule has 0 unspecified atom stereocenters. The molecular formula is C15H13FO3. The van der Waals surface area contributed by atoms with Crippen LogP contribution in [0.1, 0.15) is 15.9 Å². The van der Waals surface area contributed by atoms with Crippen molar-refractivity contribution >= 4 is 6.29 Å². The Morgan fingerprint density at radius 1 is 1.11 bits per heavy atom. The largest absolute Gasteiger partial charge is 0.497 e. The van der Waals surface area contributed by atoms with Crippen LogP contribution in [0.3, 0.4) is 0 Å². The van der Waals surface area contributed by atoms with E-state index < -0.39 is 5.82 Å². The van der Waals surface area contributed by atoms with Gasteiger partial charge in [0.2, 0.25) is 0 Å². The zero-order chi connectivity index (χ0) is 13.7. The Morgan fingerprint density at radius 3 is 2.47 bits per heavy atom. The van der Waals surface area contributed by atoms with Gasteiger partial charge in [-0.2, -0.15) is 0 Å². The van der Waals surface area contributed by atoms with E-state index in [9.17, 15) is 9.18 Å². The highest BCUT2D eigenvalue weighted by Gasteiger charge is 2.02. The van der Waals surface area contributed by atoms with Crippen LogP contribution in [-0.2, 0) is 6.61 Å². The summed E-state index contributed by atoms with van der Waals surface area (Å²) in [5, 5.41) is 0. The predicted molar refractivity (Wildman–Crippen MR) is 69.1 cm³/mol. The Hall–Kier alpha value is -2.36.